The summed E-state index contributed by atoms with van der Waals surface area (Å²) in [6, 6.07) is 6.57. The number of aliphatic hydroxyl groups is 1. The van der Waals surface area contributed by atoms with Crippen LogP contribution in [-0.4, -0.2) is 29.3 Å². The number of piperidine rings is 1. The van der Waals surface area contributed by atoms with Gasteiger partial charge in [-0.15, -0.1) is 0 Å². The van der Waals surface area contributed by atoms with E-state index in [0.29, 0.717) is 0 Å². The minimum atomic E-state index is -0.123. The highest BCUT2D eigenvalue weighted by molar-refractivity contribution is 5.94. The van der Waals surface area contributed by atoms with Crippen molar-refractivity contribution in [2.45, 2.75) is 52.1 Å². The third-order valence-corrected chi connectivity index (χ3v) is 6.22. The van der Waals surface area contributed by atoms with Gasteiger partial charge in [0.25, 0.3) is 0 Å². The Labute approximate surface area is 138 Å². The number of fused-ring (bicyclic) bond motifs is 1. The SMILES string of the molecule is Cc1ccc2c(N3CCC[C@@]4(CCC[C@H]4O)C3)ccnc2c1C. The van der Waals surface area contributed by atoms with E-state index in [1.165, 1.54) is 47.9 Å². The van der Waals surface area contributed by atoms with E-state index in [9.17, 15) is 5.11 Å². The lowest BCUT2D eigenvalue weighted by molar-refractivity contribution is 0.0410. The number of pyridine rings is 1. The molecule has 0 bridgehead atoms. The van der Waals surface area contributed by atoms with Gasteiger partial charge in [0.1, 0.15) is 0 Å². The number of aromatic nitrogens is 1. The zero-order chi connectivity index (χ0) is 16.0. The maximum Gasteiger partial charge on any atom is 0.0754 e. The van der Waals surface area contributed by atoms with Gasteiger partial charge in [0.2, 0.25) is 0 Å². The van der Waals surface area contributed by atoms with E-state index in [1.54, 1.807) is 0 Å². The van der Waals surface area contributed by atoms with Crippen molar-refractivity contribution in [2.24, 2.45) is 5.41 Å². The summed E-state index contributed by atoms with van der Waals surface area (Å²) in [7, 11) is 0. The van der Waals surface area contributed by atoms with Crippen LogP contribution in [0, 0.1) is 19.3 Å². The normalized spacial score (nSPS) is 28.0. The molecule has 2 heterocycles. The molecule has 2 atom stereocenters. The Hall–Kier alpha value is -1.61. The van der Waals surface area contributed by atoms with E-state index in [0.717, 1.165) is 25.0 Å². The number of hydrogen-bond donors (Lipinski definition) is 1. The summed E-state index contributed by atoms with van der Waals surface area (Å²) in [5.74, 6) is 0. The molecule has 2 aliphatic rings. The van der Waals surface area contributed by atoms with Crippen LogP contribution in [0.3, 0.4) is 0 Å². The fourth-order valence-electron chi connectivity index (χ4n) is 4.68. The molecular formula is C20H26N2O. The topological polar surface area (TPSA) is 36.4 Å². The molecule has 1 aromatic carbocycles. The van der Waals surface area contributed by atoms with Crippen molar-refractivity contribution >= 4 is 16.6 Å². The summed E-state index contributed by atoms with van der Waals surface area (Å²) in [6.07, 6.45) is 7.48. The van der Waals surface area contributed by atoms with E-state index in [2.05, 4.69) is 41.9 Å². The summed E-state index contributed by atoms with van der Waals surface area (Å²) < 4.78 is 0. The number of benzene rings is 1. The van der Waals surface area contributed by atoms with Gasteiger partial charge in [-0.2, -0.15) is 0 Å². The molecular weight excluding hydrogens is 284 g/mol. The zero-order valence-corrected chi connectivity index (χ0v) is 14.2. The lowest BCUT2D eigenvalue weighted by Gasteiger charge is -2.44. The summed E-state index contributed by atoms with van der Waals surface area (Å²) in [5.41, 5.74) is 5.10. The average molecular weight is 310 g/mol. The van der Waals surface area contributed by atoms with Crippen LogP contribution in [0.4, 0.5) is 5.69 Å². The second kappa shape index (κ2) is 5.48. The highest BCUT2D eigenvalue weighted by Gasteiger charge is 2.44. The van der Waals surface area contributed by atoms with Crippen molar-refractivity contribution in [1.82, 2.24) is 4.98 Å². The van der Waals surface area contributed by atoms with Gasteiger partial charge < -0.3 is 10.0 Å². The van der Waals surface area contributed by atoms with Crippen LogP contribution in [0.5, 0.6) is 0 Å². The van der Waals surface area contributed by atoms with Gasteiger partial charge in [0.15, 0.2) is 0 Å². The first kappa shape index (κ1) is 14.9. The number of nitrogens with zero attached hydrogens (tertiary/aromatic N) is 2. The van der Waals surface area contributed by atoms with Crippen molar-refractivity contribution in [3.8, 4) is 0 Å². The maximum atomic E-state index is 10.5. The highest BCUT2D eigenvalue weighted by atomic mass is 16.3. The summed E-state index contributed by atoms with van der Waals surface area (Å²) >= 11 is 0. The number of aliphatic hydroxyl groups excluding tert-OH is 1. The Morgan fingerprint density at radius 1 is 1.17 bits per heavy atom. The second-order valence-electron chi connectivity index (χ2n) is 7.53. The molecule has 4 rings (SSSR count). The maximum absolute atomic E-state index is 10.5. The molecule has 0 unspecified atom stereocenters. The first-order valence-electron chi connectivity index (χ1n) is 8.89. The quantitative estimate of drug-likeness (QED) is 0.865. The standard InChI is InChI=1S/C20H26N2O/c1-14-6-7-16-17(8-11-21-19(16)15(14)2)22-12-4-10-20(13-22)9-3-5-18(20)23/h6-8,11,18,23H,3-5,9-10,12-13H2,1-2H3/t18-,20+/m1/s1. The fourth-order valence-corrected chi connectivity index (χ4v) is 4.68. The summed E-state index contributed by atoms with van der Waals surface area (Å²) in [6.45, 7) is 6.38. The van der Waals surface area contributed by atoms with Gasteiger partial charge in [-0.25, -0.2) is 0 Å². The van der Waals surface area contributed by atoms with Crippen LogP contribution in [0.25, 0.3) is 10.9 Å². The molecule has 1 saturated carbocycles. The Balaban J connectivity index is 1.76. The Bertz CT molecular complexity index is 742. The van der Waals surface area contributed by atoms with Crippen LogP contribution < -0.4 is 4.90 Å². The van der Waals surface area contributed by atoms with Crippen LogP contribution in [0.1, 0.15) is 43.2 Å². The van der Waals surface area contributed by atoms with Crippen LogP contribution >= 0.6 is 0 Å². The fraction of sp³-hybridized carbons (Fsp3) is 0.550. The molecule has 3 nitrogen and oxygen atoms in total. The number of rotatable bonds is 1. The lowest BCUT2D eigenvalue weighted by atomic mass is 9.76. The molecule has 2 fully saturated rings. The molecule has 2 aromatic rings. The van der Waals surface area contributed by atoms with Crippen LogP contribution in [-0.2, 0) is 0 Å². The van der Waals surface area contributed by atoms with E-state index < -0.39 is 0 Å². The van der Waals surface area contributed by atoms with Gasteiger partial charge in [-0.05, 0) is 56.7 Å². The van der Waals surface area contributed by atoms with Crippen LogP contribution in [0.2, 0.25) is 0 Å². The van der Waals surface area contributed by atoms with Crippen molar-refractivity contribution in [1.29, 1.82) is 0 Å². The number of aryl methyl sites for hydroxylation is 2. The largest absolute Gasteiger partial charge is 0.392 e. The monoisotopic (exact) mass is 310 g/mol. The molecule has 23 heavy (non-hydrogen) atoms. The molecule has 1 aliphatic carbocycles. The van der Waals surface area contributed by atoms with Gasteiger partial charge in [-0.1, -0.05) is 18.6 Å². The van der Waals surface area contributed by atoms with Crippen LogP contribution in [0.15, 0.2) is 24.4 Å². The number of hydrogen-bond acceptors (Lipinski definition) is 3. The molecule has 122 valence electrons. The molecule has 1 saturated heterocycles. The van der Waals surface area contributed by atoms with E-state index >= 15 is 0 Å². The lowest BCUT2D eigenvalue weighted by Crippen LogP contribution is -2.47. The minimum Gasteiger partial charge on any atom is -0.392 e. The first-order valence-corrected chi connectivity index (χ1v) is 8.89. The molecule has 3 heteroatoms. The third-order valence-electron chi connectivity index (χ3n) is 6.22. The van der Waals surface area contributed by atoms with Crippen molar-refractivity contribution in [2.75, 3.05) is 18.0 Å². The molecule has 1 aliphatic heterocycles. The Morgan fingerprint density at radius 2 is 2.00 bits per heavy atom. The molecule has 0 amide bonds. The van der Waals surface area contributed by atoms with Gasteiger partial charge in [0.05, 0.1) is 11.6 Å². The Morgan fingerprint density at radius 3 is 2.78 bits per heavy atom. The van der Waals surface area contributed by atoms with E-state index in [1.807, 2.05) is 6.20 Å². The van der Waals surface area contributed by atoms with E-state index in [4.69, 9.17) is 0 Å². The highest BCUT2D eigenvalue weighted by Crippen LogP contribution is 2.46. The predicted octanol–water partition coefficient (Wildman–Crippen LogP) is 3.98. The van der Waals surface area contributed by atoms with Crippen molar-refractivity contribution < 1.29 is 5.11 Å². The summed E-state index contributed by atoms with van der Waals surface area (Å²) in [5, 5.41) is 11.8. The van der Waals surface area contributed by atoms with Gasteiger partial charge in [0, 0.05) is 35.8 Å². The average Bonchev–Trinajstić information content (AvgIpc) is 2.91. The van der Waals surface area contributed by atoms with Crippen molar-refractivity contribution in [3.63, 3.8) is 0 Å². The number of anilines is 1. The molecule has 0 radical (unpaired) electrons. The smallest absolute Gasteiger partial charge is 0.0754 e. The second-order valence-corrected chi connectivity index (χ2v) is 7.53. The molecule has 1 spiro atoms. The zero-order valence-electron chi connectivity index (χ0n) is 14.2. The Kier molecular flexibility index (Phi) is 3.56. The minimum absolute atomic E-state index is 0.119. The van der Waals surface area contributed by atoms with Gasteiger partial charge in [-0.3, -0.25) is 4.98 Å². The first-order chi connectivity index (χ1) is 11.1. The van der Waals surface area contributed by atoms with Crippen molar-refractivity contribution in [3.05, 3.63) is 35.5 Å². The third kappa shape index (κ3) is 2.33. The van der Waals surface area contributed by atoms with E-state index in [-0.39, 0.29) is 11.5 Å². The molecule has 1 aromatic heterocycles. The predicted molar refractivity (Wildman–Crippen MR) is 95.0 cm³/mol. The summed E-state index contributed by atoms with van der Waals surface area (Å²) in [4.78, 5) is 7.12. The molecule has 1 N–H and O–H groups in total. The van der Waals surface area contributed by atoms with Gasteiger partial charge >= 0.3 is 0 Å².